The summed E-state index contributed by atoms with van der Waals surface area (Å²) in [4.78, 5) is 25.5. The Kier molecular flexibility index (Phi) is 9.06. The van der Waals surface area contributed by atoms with Crippen LogP contribution in [0.1, 0.15) is 0 Å². The monoisotopic (exact) mass is 781 g/mol. The van der Waals surface area contributed by atoms with E-state index in [1.165, 1.54) is 0 Å². The van der Waals surface area contributed by atoms with E-state index in [0.717, 1.165) is 89.0 Å². The summed E-state index contributed by atoms with van der Waals surface area (Å²) in [7, 11) is 0. The molecule has 0 spiro atoms. The van der Waals surface area contributed by atoms with E-state index in [1.54, 1.807) is 0 Å². The van der Waals surface area contributed by atoms with Gasteiger partial charge in [0.05, 0.1) is 17.0 Å². The summed E-state index contributed by atoms with van der Waals surface area (Å²) in [5, 5.41) is 2.07. The number of fused-ring (bicyclic) bond motifs is 3. The molecular formula is C55H35N5O. The van der Waals surface area contributed by atoms with Gasteiger partial charge < -0.3 is 4.42 Å². The largest absolute Gasteiger partial charge is 0.455 e. The number of hydrogen-bond donors (Lipinski definition) is 0. The summed E-state index contributed by atoms with van der Waals surface area (Å²) in [6.07, 6.45) is 0. The normalized spacial score (nSPS) is 11.3. The van der Waals surface area contributed by atoms with Gasteiger partial charge in [0.1, 0.15) is 11.2 Å². The van der Waals surface area contributed by atoms with E-state index in [0.29, 0.717) is 23.3 Å². The van der Waals surface area contributed by atoms with Crippen LogP contribution in [0.4, 0.5) is 0 Å². The lowest BCUT2D eigenvalue weighted by molar-refractivity contribution is 0.669. The van der Waals surface area contributed by atoms with Gasteiger partial charge in [0.25, 0.3) is 0 Å². The highest BCUT2D eigenvalue weighted by Gasteiger charge is 2.18. The van der Waals surface area contributed by atoms with Gasteiger partial charge in [-0.1, -0.05) is 176 Å². The SMILES string of the molecule is c1ccc(-c2cccc(-c3nc(-c4ccccc4)cc(-c4cccc(-c5cccc(-c6nc(-c7ccccc7)nc(-c7cccc8c7oc7ccccc78)n6)c5)c4)n3)c2)cc1. The van der Waals surface area contributed by atoms with Crippen molar-refractivity contribution in [3.63, 3.8) is 0 Å². The number of para-hydroxylation sites is 2. The molecule has 0 bridgehead atoms. The fourth-order valence-corrected chi connectivity index (χ4v) is 7.91. The standard InChI is InChI=1S/C55H35N5O/c1-4-16-36(17-5-1)39-22-13-26-43(33-39)53-56-48(37-18-6-2-7-19-37)35-49(57-53)42-25-12-23-40(32-42)41-24-14-27-44(34-41)54-58-52(38-20-8-3-9-21-38)59-55(60-54)47-30-15-29-46-45-28-10-11-31-50(45)61-51(46)47/h1-35H. The number of hydrogen-bond acceptors (Lipinski definition) is 6. The van der Waals surface area contributed by atoms with Crippen LogP contribution in [-0.4, -0.2) is 24.9 Å². The molecule has 0 fully saturated rings. The average Bonchev–Trinajstić information content (AvgIpc) is 3.74. The first-order valence-electron chi connectivity index (χ1n) is 20.2. The molecule has 61 heavy (non-hydrogen) atoms. The average molecular weight is 782 g/mol. The van der Waals surface area contributed by atoms with Gasteiger partial charge in [0.15, 0.2) is 23.3 Å². The first-order chi connectivity index (χ1) is 30.2. The van der Waals surface area contributed by atoms with Crippen molar-refractivity contribution in [3.05, 3.63) is 212 Å². The minimum absolute atomic E-state index is 0.545. The molecule has 11 aromatic rings. The van der Waals surface area contributed by atoms with Gasteiger partial charge in [-0.25, -0.2) is 24.9 Å². The number of nitrogens with zero attached hydrogens (tertiary/aromatic N) is 5. The van der Waals surface area contributed by atoms with Crippen molar-refractivity contribution in [2.24, 2.45) is 0 Å². The van der Waals surface area contributed by atoms with Gasteiger partial charge >= 0.3 is 0 Å². The predicted octanol–water partition coefficient (Wildman–Crippen LogP) is 13.9. The van der Waals surface area contributed by atoms with Crippen LogP contribution in [0.25, 0.3) is 112 Å². The van der Waals surface area contributed by atoms with Gasteiger partial charge in [-0.15, -0.1) is 0 Å². The Morgan fingerprint density at radius 1 is 0.262 bits per heavy atom. The molecule has 0 saturated heterocycles. The van der Waals surface area contributed by atoms with E-state index in [9.17, 15) is 0 Å². The van der Waals surface area contributed by atoms with Gasteiger partial charge in [0.2, 0.25) is 0 Å². The second-order valence-electron chi connectivity index (χ2n) is 14.9. The summed E-state index contributed by atoms with van der Waals surface area (Å²) in [6, 6.07) is 72.3. The van der Waals surface area contributed by atoms with Crippen molar-refractivity contribution in [1.82, 2.24) is 24.9 Å². The molecule has 3 aromatic heterocycles. The molecule has 0 unspecified atom stereocenters. The molecule has 0 aliphatic heterocycles. The minimum atomic E-state index is 0.545. The van der Waals surface area contributed by atoms with E-state index >= 15 is 0 Å². The van der Waals surface area contributed by atoms with E-state index < -0.39 is 0 Å². The molecule has 3 heterocycles. The zero-order chi connectivity index (χ0) is 40.5. The fraction of sp³-hybridized carbons (Fsp3) is 0. The summed E-state index contributed by atoms with van der Waals surface area (Å²) in [5.74, 6) is 2.37. The second-order valence-corrected chi connectivity index (χ2v) is 14.9. The lowest BCUT2D eigenvalue weighted by atomic mass is 9.98. The van der Waals surface area contributed by atoms with Crippen LogP contribution in [0.5, 0.6) is 0 Å². The summed E-state index contributed by atoms with van der Waals surface area (Å²) in [6.45, 7) is 0. The van der Waals surface area contributed by atoms with E-state index in [2.05, 4.69) is 127 Å². The molecule has 11 rings (SSSR count). The molecule has 6 nitrogen and oxygen atoms in total. The molecule has 0 aliphatic carbocycles. The maximum absolute atomic E-state index is 6.43. The predicted molar refractivity (Wildman–Crippen MR) is 246 cm³/mol. The van der Waals surface area contributed by atoms with Gasteiger partial charge in [-0.2, -0.15) is 0 Å². The molecule has 0 amide bonds. The molecule has 8 aromatic carbocycles. The number of rotatable bonds is 8. The zero-order valence-corrected chi connectivity index (χ0v) is 32.9. The molecule has 0 saturated carbocycles. The van der Waals surface area contributed by atoms with Crippen molar-refractivity contribution >= 4 is 21.9 Å². The van der Waals surface area contributed by atoms with Crippen molar-refractivity contribution < 1.29 is 4.42 Å². The Morgan fingerprint density at radius 3 is 1.36 bits per heavy atom. The highest BCUT2D eigenvalue weighted by Crippen LogP contribution is 2.37. The third-order valence-electron chi connectivity index (χ3n) is 10.9. The molecule has 0 radical (unpaired) electrons. The lowest BCUT2D eigenvalue weighted by Gasteiger charge is -2.12. The van der Waals surface area contributed by atoms with Crippen LogP contribution in [0.15, 0.2) is 217 Å². The van der Waals surface area contributed by atoms with Crippen LogP contribution >= 0.6 is 0 Å². The van der Waals surface area contributed by atoms with Crippen molar-refractivity contribution in [1.29, 1.82) is 0 Å². The van der Waals surface area contributed by atoms with Crippen LogP contribution < -0.4 is 0 Å². The smallest absolute Gasteiger partial charge is 0.167 e. The zero-order valence-electron chi connectivity index (χ0n) is 32.9. The van der Waals surface area contributed by atoms with Crippen molar-refractivity contribution in [2.45, 2.75) is 0 Å². The number of furan rings is 1. The maximum Gasteiger partial charge on any atom is 0.167 e. The molecule has 0 aliphatic rings. The first-order valence-corrected chi connectivity index (χ1v) is 20.2. The molecule has 0 atom stereocenters. The Bertz CT molecular complexity index is 3360. The molecular weight excluding hydrogens is 747 g/mol. The summed E-state index contributed by atoms with van der Waals surface area (Å²) < 4.78 is 6.43. The maximum atomic E-state index is 6.43. The van der Waals surface area contributed by atoms with Crippen LogP contribution in [0.3, 0.4) is 0 Å². The Hall–Kier alpha value is -8.35. The lowest BCUT2D eigenvalue weighted by Crippen LogP contribution is -2.00. The minimum Gasteiger partial charge on any atom is -0.455 e. The molecule has 0 N–H and O–H groups in total. The van der Waals surface area contributed by atoms with Crippen molar-refractivity contribution in [2.75, 3.05) is 0 Å². The van der Waals surface area contributed by atoms with E-state index in [1.807, 2.05) is 84.9 Å². The van der Waals surface area contributed by atoms with E-state index in [4.69, 9.17) is 29.3 Å². The summed E-state index contributed by atoms with van der Waals surface area (Å²) in [5.41, 5.74) is 13.1. The second kappa shape index (κ2) is 15.4. The van der Waals surface area contributed by atoms with Crippen LogP contribution in [0.2, 0.25) is 0 Å². The highest BCUT2D eigenvalue weighted by molar-refractivity contribution is 6.09. The topological polar surface area (TPSA) is 77.6 Å². The Balaban J connectivity index is 1.01. The molecule has 286 valence electrons. The van der Waals surface area contributed by atoms with Crippen LogP contribution in [0, 0.1) is 0 Å². The first kappa shape index (κ1) is 35.8. The van der Waals surface area contributed by atoms with Gasteiger partial charge in [0, 0.05) is 38.6 Å². The quantitative estimate of drug-likeness (QED) is 0.153. The fourth-order valence-electron chi connectivity index (χ4n) is 7.91. The van der Waals surface area contributed by atoms with Crippen LogP contribution in [-0.2, 0) is 0 Å². The third kappa shape index (κ3) is 7.02. The number of aromatic nitrogens is 5. The number of benzene rings is 8. The van der Waals surface area contributed by atoms with Crippen molar-refractivity contribution in [3.8, 4) is 90.3 Å². The van der Waals surface area contributed by atoms with Gasteiger partial charge in [-0.05, 0) is 58.7 Å². The van der Waals surface area contributed by atoms with Gasteiger partial charge in [-0.3, -0.25) is 0 Å². The third-order valence-corrected chi connectivity index (χ3v) is 10.9. The Morgan fingerprint density at radius 2 is 0.689 bits per heavy atom. The highest BCUT2D eigenvalue weighted by atomic mass is 16.3. The summed E-state index contributed by atoms with van der Waals surface area (Å²) >= 11 is 0. The van der Waals surface area contributed by atoms with E-state index in [-0.39, 0.29) is 0 Å². The molecule has 6 heteroatoms. The Labute approximate surface area is 352 Å².